The average Bonchev–Trinajstić information content (AvgIpc) is 3.84. The van der Waals surface area contributed by atoms with Gasteiger partial charge in [-0.2, -0.15) is 0 Å². The number of ether oxygens (including phenoxy) is 1. The van der Waals surface area contributed by atoms with Crippen LogP contribution in [0.2, 0.25) is 0 Å². The highest BCUT2D eigenvalue weighted by Gasteiger charge is 2.74. The number of nitrogens with zero attached hydrogens (tertiary/aromatic N) is 4. The second-order valence-corrected chi connectivity index (χ2v) is 16.3. The van der Waals surface area contributed by atoms with Crippen LogP contribution in [0.1, 0.15) is 57.6 Å². The molecule has 11 rings (SSSR count). The van der Waals surface area contributed by atoms with Gasteiger partial charge >= 0.3 is 0 Å². The standard InChI is InChI=1S/C40H46N4O3/c1-4-23-19-41-15-13-39-28-9-6-7-11-30(28)44-36(39)27(25(23)17-32(39)41)21-47-38(44)34-26-18-33-40(14-16-42(33)20-24(26)5-2)29-10-8-12-31(46)35(29)43(22(3)45)37(34)40/h4-12,25-27,32-34,36-38,46H,13-21H2,1-3H3/b23-4-,24-5+. The van der Waals surface area contributed by atoms with E-state index in [-0.39, 0.29) is 40.7 Å². The molecule has 9 aliphatic rings. The van der Waals surface area contributed by atoms with Gasteiger partial charge in [-0.15, -0.1) is 0 Å². The largest absolute Gasteiger partial charge is 0.506 e. The van der Waals surface area contributed by atoms with Gasteiger partial charge in [-0.25, -0.2) is 0 Å². The molecule has 1 N–H and O–H groups in total. The molecule has 7 aliphatic heterocycles. The third-order valence-corrected chi connectivity index (χ3v) is 15.3. The summed E-state index contributed by atoms with van der Waals surface area (Å²) in [7, 11) is 0. The molecular formula is C40H46N4O3. The third kappa shape index (κ3) is 2.99. The van der Waals surface area contributed by atoms with Crippen molar-refractivity contribution in [2.24, 2.45) is 23.7 Å². The molecular weight excluding hydrogens is 584 g/mol. The van der Waals surface area contributed by atoms with Crippen molar-refractivity contribution in [3.05, 3.63) is 76.9 Å². The number of carbonyl (C=O) groups is 1. The van der Waals surface area contributed by atoms with Crippen molar-refractivity contribution in [1.82, 2.24) is 9.80 Å². The van der Waals surface area contributed by atoms with Gasteiger partial charge in [0.05, 0.1) is 18.3 Å². The number of hydrogen-bond acceptors (Lipinski definition) is 6. The minimum absolute atomic E-state index is 0.0309. The highest BCUT2D eigenvalue weighted by Crippen LogP contribution is 2.69. The topological polar surface area (TPSA) is 59.5 Å². The summed E-state index contributed by atoms with van der Waals surface area (Å²) in [6.45, 7) is 11.2. The summed E-state index contributed by atoms with van der Waals surface area (Å²) in [6, 6.07) is 16.6. The Hall–Kier alpha value is -3.13. The lowest BCUT2D eigenvalue weighted by atomic mass is 9.53. The number of para-hydroxylation sites is 2. The molecule has 5 saturated heterocycles. The Kier molecular flexibility index (Phi) is 5.38. The number of hydrogen-bond donors (Lipinski definition) is 1. The molecule has 0 radical (unpaired) electrons. The van der Waals surface area contributed by atoms with Gasteiger partial charge in [-0.05, 0) is 87.7 Å². The SMILES string of the molecule is C/C=C1\CN2CCC34c5cccc(O)c5N(C(C)=O)C3C(C3OCC5C6CC7N(CCC78c7ccccc7N3C58)C/C6=C/C)C1CC24. The number of rotatable bonds is 1. The van der Waals surface area contributed by atoms with Gasteiger partial charge in [-0.1, -0.05) is 53.6 Å². The Morgan fingerprint density at radius 3 is 2.26 bits per heavy atom. The van der Waals surface area contributed by atoms with Gasteiger partial charge in [0.15, 0.2) is 0 Å². The fraction of sp³-hybridized carbons (Fsp3) is 0.575. The molecule has 244 valence electrons. The van der Waals surface area contributed by atoms with E-state index < -0.39 is 0 Å². The van der Waals surface area contributed by atoms with Crippen molar-refractivity contribution in [2.45, 2.75) is 87.7 Å². The molecule has 2 aliphatic carbocycles. The van der Waals surface area contributed by atoms with E-state index in [2.05, 4.69) is 75.9 Å². The number of piperidine rings is 2. The molecule has 2 saturated carbocycles. The Bertz CT molecular complexity index is 1800. The molecule has 2 aromatic carbocycles. The van der Waals surface area contributed by atoms with Crippen molar-refractivity contribution >= 4 is 17.3 Å². The Morgan fingerprint density at radius 2 is 1.53 bits per heavy atom. The van der Waals surface area contributed by atoms with Gasteiger partial charge in [0.1, 0.15) is 12.0 Å². The number of amides is 1. The van der Waals surface area contributed by atoms with Crippen molar-refractivity contribution in [3.8, 4) is 5.75 Å². The maximum atomic E-state index is 14.0. The van der Waals surface area contributed by atoms with Crippen LogP contribution in [-0.4, -0.2) is 84.0 Å². The van der Waals surface area contributed by atoms with Crippen molar-refractivity contribution < 1.29 is 14.6 Å². The lowest BCUT2D eigenvalue weighted by Gasteiger charge is -2.63. The van der Waals surface area contributed by atoms with Crippen molar-refractivity contribution in [2.75, 3.05) is 42.6 Å². The molecule has 7 nitrogen and oxygen atoms in total. The number of aromatic hydroxyl groups is 1. The van der Waals surface area contributed by atoms with Crippen LogP contribution < -0.4 is 9.80 Å². The highest BCUT2D eigenvalue weighted by molar-refractivity contribution is 5.98. The molecule has 7 fully saturated rings. The van der Waals surface area contributed by atoms with Crippen LogP contribution in [0.5, 0.6) is 5.75 Å². The van der Waals surface area contributed by atoms with E-state index >= 15 is 0 Å². The second kappa shape index (κ2) is 9.10. The molecule has 1 amide bonds. The van der Waals surface area contributed by atoms with Crippen LogP contribution in [0.3, 0.4) is 0 Å². The minimum atomic E-state index is -0.220. The smallest absolute Gasteiger partial charge is 0.224 e. The number of fused-ring (bicyclic) bond motifs is 6. The Morgan fingerprint density at radius 1 is 0.872 bits per heavy atom. The molecule has 11 atom stereocenters. The summed E-state index contributed by atoms with van der Waals surface area (Å²) in [5, 5.41) is 11.5. The number of anilines is 2. The molecule has 2 aromatic rings. The van der Waals surface area contributed by atoms with Crippen LogP contribution in [0.4, 0.5) is 11.4 Å². The fourth-order valence-corrected chi connectivity index (χ4v) is 14.0. The van der Waals surface area contributed by atoms with Gasteiger partial charge < -0.3 is 19.6 Å². The molecule has 7 heteroatoms. The first-order chi connectivity index (χ1) is 22.9. The van der Waals surface area contributed by atoms with Crippen LogP contribution in [0.15, 0.2) is 65.8 Å². The fourth-order valence-electron chi connectivity index (χ4n) is 14.0. The maximum absolute atomic E-state index is 14.0. The lowest BCUT2D eigenvalue weighted by Crippen LogP contribution is -2.73. The molecule has 2 spiro atoms. The van der Waals surface area contributed by atoms with E-state index in [9.17, 15) is 9.90 Å². The summed E-state index contributed by atoms with van der Waals surface area (Å²) in [5.74, 6) is 1.68. The quantitative estimate of drug-likeness (QED) is 0.438. The van der Waals surface area contributed by atoms with Crippen LogP contribution in [0, 0.1) is 23.7 Å². The molecule has 0 aromatic heterocycles. The number of phenolic OH excluding ortho intramolecular Hbond substituents is 1. The predicted molar refractivity (Wildman–Crippen MR) is 182 cm³/mol. The number of allylic oxidation sites excluding steroid dienone is 2. The van der Waals surface area contributed by atoms with Crippen LogP contribution >= 0.6 is 0 Å². The van der Waals surface area contributed by atoms with Gasteiger partial charge in [0.25, 0.3) is 0 Å². The number of carbonyl (C=O) groups excluding carboxylic acids is 1. The van der Waals surface area contributed by atoms with Crippen molar-refractivity contribution in [1.29, 1.82) is 0 Å². The zero-order valence-electron chi connectivity index (χ0n) is 27.8. The lowest BCUT2D eigenvalue weighted by molar-refractivity contribution is -0.129. The Balaban J connectivity index is 1.14. The van der Waals surface area contributed by atoms with Gasteiger partial charge in [0.2, 0.25) is 5.91 Å². The minimum Gasteiger partial charge on any atom is -0.506 e. The van der Waals surface area contributed by atoms with E-state index in [1.54, 1.807) is 24.1 Å². The average molecular weight is 631 g/mol. The van der Waals surface area contributed by atoms with E-state index in [1.807, 2.05) is 6.07 Å². The van der Waals surface area contributed by atoms with Crippen molar-refractivity contribution in [3.63, 3.8) is 0 Å². The van der Waals surface area contributed by atoms with E-state index in [1.165, 1.54) is 29.7 Å². The normalized spacial score (nSPS) is 45.3. The third-order valence-electron chi connectivity index (χ3n) is 15.3. The molecule has 11 unspecified atom stereocenters. The van der Waals surface area contributed by atoms with E-state index in [0.29, 0.717) is 35.9 Å². The van der Waals surface area contributed by atoms with E-state index in [0.717, 1.165) is 51.3 Å². The number of phenols is 1. The zero-order valence-corrected chi connectivity index (χ0v) is 27.8. The first-order valence-corrected chi connectivity index (χ1v) is 18.3. The summed E-state index contributed by atoms with van der Waals surface area (Å²) >= 11 is 0. The highest BCUT2D eigenvalue weighted by atomic mass is 16.5. The first-order valence-electron chi connectivity index (χ1n) is 18.3. The molecule has 7 heterocycles. The second-order valence-electron chi connectivity index (χ2n) is 16.3. The summed E-state index contributed by atoms with van der Waals surface area (Å²) in [6.07, 6.45) is 9.17. The zero-order chi connectivity index (χ0) is 31.6. The van der Waals surface area contributed by atoms with Gasteiger partial charge in [0, 0.05) is 66.5 Å². The molecule has 4 bridgehead atoms. The maximum Gasteiger partial charge on any atom is 0.224 e. The Labute approximate surface area is 277 Å². The van der Waals surface area contributed by atoms with Crippen LogP contribution in [0.25, 0.3) is 0 Å². The summed E-state index contributed by atoms with van der Waals surface area (Å²) in [4.78, 5) is 24.4. The predicted octanol–water partition coefficient (Wildman–Crippen LogP) is 5.19. The summed E-state index contributed by atoms with van der Waals surface area (Å²) < 4.78 is 7.46. The monoisotopic (exact) mass is 630 g/mol. The first kappa shape index (κ1) is 27.8. The van der Waals surface area contributed by atoms with Gasteiger partial charge in [-0.3, -0.25) is 14.6 Å². The van der Waals surface area contributed by atoms with Crippen LogP contribution in [-0.2, 0) is 20.4 Å². The molecule has 47 heavy (non-hydrogen) atoms. The van der Waals surface area contributed by atoms with E-state index in [4.69, 9.17) is 4.74 Å². The summed E-state index contributed by atoms with van der Waals surface area (Å²) in [5.41, 5.74) is 7.87. The number of benzene rings is 2.